The van der Waals surface area contributed by atoms with Gasteiger partial charge in [0.15, 0.2) is 15.6 Å². The molecule has 94 valence electrons. The van der Waals surface area contributed by atoms with Crippen LogP contribution >= 0.6 is 11.3 Å². The van der Waals surface area contributed by atoms with Gasteiger partial charge in [-0.25, -0.2) is 8.42 Å². The molecule has 18 heavy (non-hydrogen) atoms. The van der Waals surface area contributed by atoms with E-state index in [4.69, 9.17) is 0 Å². The van der Waals surface area contributed by atoms with Gasteiger partial charge in [-0.05, 0) is 11.4 Å². The van der Waals surface area contributed by atoms with Crippen LogP contribution in [0, 0.1) is 0 Å². The van der Waals surface area contributed by atoms with Gasteiger partial charge in [-0.2, -0.15) is 0 Å². The second kappa shape index (κ2) is 5.46. The number of carbonyl (C=O) groups excluding carboxylic acids is 1. The standard InChI is InChI=1S/C13H12O3S2/c14-12(11-5-2-1-3-6-11)8-10-18(15,16)13-7-4-9-17-13/h1-7,9H,8,10H2. The van der Waals surface area contributed by atoms with E-state index in [9.17, 15) is 13.2 Å². The van der Waals surface area contributed by atoms with Crippen molar-refractivity contribution >= 4 is 27.0 Å². The van der Waals surface area contributed by atoms with Crippen molar-refractivity contribution in [2.75, 3.05) is 5.75 Å². The van der Waals surface area contributed by atoms with Gasteiger partial charge < -0.3 is 0 Å². The number of ketones is 1. The summed E-state index contributed by atoms with van der Waals surface area (Å²) in [7, 11) is -3.32. The molecule has 0 radical (unpaired) electrons. The lowest BCUT2D eigenvalue weighted by atomic mass is 10.1. The molecule has 0 aliphatic heterocycles. The Hall–Kier alpha value is -1.46. The molecular formula is C13H12O3S2. The van der Waals surface area contributed by atoms with Gasteiger partial charge in [0, 0.05) is 12.0 Å². The van der Waals surface area contributed by atoms with Crippen molar-refractivity contribution in [2.24, 2.45) is 0 Å². The maximum Gasteiger partial charge on any atom is 0.188 e. The Balaban J connectivity index is 2.03. The predicted molar refractivity (Wildman–Crippen MR) is 71.8 cm³/mol. The zero-order valence-corrected chi connectivity index (χ0v) is 11.2. The molecule has 0 fully saturated rings. The summed E-state index contributed by atoms with van der Waals surface area (Å²) in [5, 5.41) is 1.71. The summed E-state index contributed by atoms with van der Waals surface area (Å²) in [5.41, 5.74) is 0.555. The molecule has 0 saturated carbocycles. The van der Waals surface area contributed by atoms with Crippen LogP contribution in [0.15, 0.2) is 52.1 Å². The van der Waals surface area contributed by atoms with E-state index < -0.39 is 9.84 Å². The first kappa shape index (κ1) is 13.0. The third-order valence-corrected chi connectivity index (χ3v) is 5.70. The topological polar surface area (TPSA) is 51.2 Å². The van der Waals surface area contributed by atoms with Gasteiger partial charge in [-0.15, -0.1) is 11.3 Å². The molecule has 2 aromatic rings. The molecule has 0 unspecified atom stereocenters. The molecular weight excluding hydrogens is 268 g/mol. The van der Waals surface area contributed by atoms with Crippen molar-refractivity contribution in [1.29, 1.82) is 0 Å². The average molecular weight is 280 g/mol. The summed E-state index contributed by atoms with van der Waals surface area (Å²) >= 11 is 1.18. The van der Waals surface area contributed by atoms with E-state index in [1.807, 2.05) is 6.07 Å². The largest absolute Gasteiger partial charge is 0.294 e. The molecule has 1 heterocycles. The van der Waals surface area contributed by atoms with E-state index in [1.54, 1.807) is 41.8 Å². The van der Waals surface area contributed by atoms with Gasteiger partial charge >= 0.3 is 0 Å². The van der Waals surface area contributed by atoms with Gasteiger partial charge in [0.2, 0.25) is 0 Å². The van der Waals surface area contributed by atoms with E-state index in [2.05, 4.69) is 0 Å². The summed E-state index contributed by atoms with van der Waals surface area (Å²) in [4.78, 5) is 11.8. The third-order valence-electron chi connectivity index (χ3n) is 2.50. The normalized spacial score (nSPS) is 11.3. The van der Waals surface area contributed by atoms with E-state index >= 15 is 0 Å². The second-order valence-electron chi connectivity index (χ2n) is 3.79. The first-order valence-electron chi connectivity index (χ1n) is 5.44. The number of hydrogen-bond acceptors (Lipinski definition) is 4. The van der Waals surface area contributed by atoms with Crippen LogP contribution in [0.2, 0.25) is 0 Å². The smallest absolute Gasteiger partial charge is 0.188 e. The Kier molecular flexibility index (Phi) is 3.93. The maximum atomic E-state index is 11.9. The molecule has 0 aliphatic carbocycles. The molecule has 5 heteroatoms. The Morgan fingerprint density at radius 2 is 1.78 bits per heavy atom. The van der Waals surface area contributed by atoms with E-state index in [0.717, 1.165) is 0 Å². The van der Waals surface area contributed by atoms with Crippen molar-refractivity contribution in [2.45, 2.75) is 10.6 Å². The molecule has 1 aromatic heterocycles. The molecule has 0 saturated heterocycles. The Morgan fingerprint density at radius 1 is 1.06 bits per heavy atom. The van der Waals surface area contributed by atoms with Gasteiger partial charge in [-0.3, -0.25) is 4.79 Å². The van der Waals surface area contributed by atoms with Gasteiger partial charge in [0.05, 0.1) is 5.75 Å². The number of sulfone groups is 1. The van der Waals surface area contributed by atoms with Crippen molar-refractivity contribution in [1.82, 2.24) is 0 Å². The molecule has 0 atom stereocenters. The van der Waals surface area contributed by atoms with Crippen LogP contribution in [0.3, 0.4) is 0 Å². The number of carbonyl (C=O) groups is 1. The Labute approximate surface area is 110 Å². The van der Waals surface area contributed by atoms with Gasteiger partial charge in [0.1, 0.15) is 4.21 Å². The highest BCUT2D eigenvalue weighted by Gasteiger charge is 2.17. The summed E-state index contributed by atoms with van der Waals surface area (Å²) in [6.07, 6.45) is 0.0181. The van der Waals surface area contributed by atoms with Gasteiger partial charge in [0.25, 0.3) is 0 Å². The van der Waals surface area contributed by atoms with Crippen molar-refractivity contribution in [3.8, 4) is 0 Å². The number of hydrogen-bond donors (Lipinski definition) is 0. The van der Waals surface area contributed by atoms with Crippen LogP contribution in [0.5, 0.6) is 0 Å². The zero-order valence-electron chi connectivity index (χ0n) is 9.57. The van der Waals surface area contributed by atoms with Crippen LogP contribution in [0.25, 0.3) is 0 Å². The van der Waals surface area contributed by atoms with Crippen molar-refractivity contribution < 1.29 is 13.2 Å². The lowest BCUT2D eigenvalue weighted by Crippen LogP contribution is -2.10. The summed E-state index contributed by atoms with van der Waals surface area (Å²) < 4.78 is 24.1. The minimum atomic E-state index is -3.32. The maximum absolute atomic E-state index is 11.9. The highest BCUT2D eigenvalue weighted by atomic mass is 32.2. The number of Topliss-reactive ketones (excluding diaryl/α,β-unsaturated/α-hetero) is 1. The Morgan fingerprint density at radius 3 is 2.39 bits per heavy atom. The fourth-order valence-electron chi connectivity index (χ4n) is 1.54. The summed E-state index contributed by atoms with van der Waals surface area (Å²) in [5.74, 6) is -0.280. The quantitative estimate of drug-likeness (QED) is 0.791. The lowest BCUT2D eigenvalue weighted by molar-refractivity contribution is 0.0989. The van der Waals surface area contributed by atoms with Crippen LogP contribution in [0.4, 0.5) is 0 Å². The predicted octanol–water partition coefficient (Wildman–Crippen LogP) is 2.79. The van der Waals surface area contributed by atoms with Crippen LogP contribution in [0.1, 0.15) is 16.8 Å². The summed E-state index contributed by atoms with van der Waals surface area (Å²) in [6, 6.07) is 12.0. The molecule has 0 bridgehead atoms. The van der Waals surface area contributed by atoms with E-state index in [0.29, 0.717) is 9.77 Å². The molecule has 0 aliphatic rings. The molecule has 1 aromatic carbocycles. The minimum absolute atomic E-state index is 0.0181. The first-order chi connectivity index (χ1) is 8.59. The molecule has 0 amide bonds. The zero-order chi connectivity index (χ0) is 13.0. The molecule has 0 spiro atoms. The second-order valence-corrected chi connectivity index (χ2v) is 7.07. The highest BCUT2D eigenvalue weighted by molar-refractivity contribution is 7.93. The third kappa shape index (κ3) is 3.05. The Bertz CT molecular complexity index is 614. The van der Waals surface area contributed by atoms with E-state index in [-0.39, 0.29) is 18.0 Å². The molecule has 2 rings (SSSR count). The van der Waals surface area contributed by atoms with Crippen LogP contribution in [-0.4, -0.2) is 20.0 Å². The van der Waals surface area contributed by atoms with E-state index in [1.165, 1.54) is 11.3 Å². The van der Waals surface area contributed by atoms with Crippen LogP contribution in [-0.2, 0) is 9.84 Å². The SMILES string of the molecule is O=C(CCS(=O)(=O)c1cccs1)c1ccccc1. The molecule has 0 N–H and O–H groups in total. The van der Waals surface area contributed by atoms with Crippen LogP contribution < -0.4 is 0 Å². The highest BCUT2D eigenvalue weighted by Crippen LogP contribution is 2.18. The fraction of sp³-hybridized carbons (Fsp3) is 0.154. The van der Waals surface area contributed by atoms with Crippen molar-refractivity contribution in [3.05, 3.63) is 53.4 Å². The number of rotatable bonds is 5. The monoisotopic (exact) mass is 280 g/mol. The minimum Gasteiger partial charge on any atom is -0.294 e. The number of thiophene rings is 1. The van der Waals surface area contributed by atoms with Crippen molar-refractivity contribution in [3.63, 3.8) is 0 Å². The van der Waals surface area contributed by atoms with Gasteiger partial charge in [-0.1, -0.05) is 36.4 Å². The lowest BCUT2D eigenvalue weighted by Gasteiger charge is -2.01. The average Bonchev–Trinajstić information content (AvgIpc) is 2.92. The summed E-state index contributed by atoms with van der Waals surface area (Å²) in [6.45, 7) is 0. The number of benzene rings is 1. The fourth-order valence-corrected chi connectivity index (χ4v) is 3.93. The first-order valence-corrected chi connectivity index (χ1v) is 7.97. The molecule has 3 nitrogen and oxygen atoms in total.